The van der Waals surface area contributed by atoms with Crippen LogP contribution in [0.25, 0.3) is 0 Å². The molecule has 1 aromatic heterocycles. The van der Waals surface area contributed by atoms with Gasteiger partial charge in [-0.3, -0.25) is 4.79 Å². The molecule has 2 heterocycles. The Morgan fingerprint density at radius 3 is 2.27 bits per heavy atom. The molecule has 1 aliphatic heterocycles. The number of alkyl halides is 3. The summed E-state index contributed by atoms with van der Waals surface area (Å²) in [5.74, 6) is -0.894. The van der Waals surface area contributed by atoms with Gasteiger partial charge in [-0.1, -0.05) is 29.8 Å². The van der Waals surface area contributed by atoms with E-state index in [2.05, 4.69) is 5.32 Å². The normalized spacial score (nSPS) is 16.8. The van der Waals surface area contributed by atoms with Gasteiger partial charge in [0.1, 0.15) is 4.90 Å². The van der Waals surface area contributed by atoms with Gasteiger partial charge in [-0.25, -0.2) is 8.42 Å². The van der Waals surface area contributed by atoms with Crippen molar-refractivity contribution in [1.82, 2.24) is 0 Å². The molecular formula is C21H16F3NO3S2. The van der Waals surface area contributed by atoms with Crippen LogP contribution in [0, 0.1) is 6.92 Å². The monoisotopic (exact) mass is 451 g/mol. The van der Waals surface area contributed by atoms with Crippen molar-refractivity contribution < 1.29 is 26.4 Å². The molecule has 9 heteroatoms. The van der Waals surface area contributed by atoms with E-state index in [0.29, 0.717) is 10.4 Å². The summed E-state index contributed by atoms with van der Waals surface area (Å²) in [6, 6.07) is 11.0. The number of carbonyl (C=O) groups excluding carboxylic acids is 1. The number of halogens is 3. The zero-order chi connectivity index (χ0) is 21.7. The molecule has 3 aromatic rings. The topological polar surface area (TPSA) is 63.2 Å². The number of anilines is 1. The summed E-state index contributed by atoms with van der Waals surface area (Å²) < 4.78 is 64.8. The molecule has 0 saturated carbocycles. The fourth-order valence-corrected chi connectivity index (χ4v) is 6.33. The molecule has 30 heavy (non-hydrogen) atoms. The second-order valence-electron chi connectivity index (χ2n) is 7.08. The van der Waals surface area contributed by atoms with Crippen LogP contribution in [0.4, 0.5) is 18.9 Å². The molecule has 1 aliphatic rings. The molecule has 0 fully saturated rings. The molecular weight excluding hydrogens is 435 g/mol. The number of aryl methyl sites for hydroxylation is 1. The van der Waals surface area contributed by atoms with Gasteiger partial charge in [0.15, 0.2) is 0 Å². The van der Waals surface area contributed by atoms with Gasteiger partial charge in [0.25, 0.3) is 0 Å². The van der Waals surface area contributed by atoms with Crippen LogP contribution in [-0.2, 0) is 20.8 Å². The molecule has 1 unspecified atom stereocenters. The Morgan fingerprint density at radius 2 is 1.67 bits per heavy atom. The third kappa shape index (κ3) is 3.63. The third-order valence-corrected chi connectivity index (χ3v) is 8.06. The minimum Gasteiger partial charge on any atom is -0.324 e. The van der Waals surface area contributed by atoms with Crippen LogP contribution in [0.2, 0.25) is 0 Å². The van der Waals surface area contributed by atoms with Crippen molar-refractivity contribution in [2.45, 2.75) is 35.2 Å². The maximum Gasteiger partial charge on any atom is 0.416 e. The summed E-state index contributed by atoms with van der Waals surface area (Å²) in [6.45, 7) is 1.84. The fraction of sp³-hybridized carbons (Fsp3) is 0.190. The van der Waals surface area contributed by atoms with Crippen molar-refractivity contribution >= 4 is 32.8 Å². The van der Waals surface area contributed by atoms with Gasteiger partial charge in [0.2, 0.25) is 15.7 Å². The smallest absolute Gasteiger partial charge is 0.324 e. The van der Waals surface area contributed by atoms with Crippen molar-refractivity contribution in [3.8, 4) is 0 Å². The number of amides is 1. The Hall–Kier alpha value is -2.65. The first kappa shape index (κ1) is 20.6. The van der Waals surface area contributed by atoms with Crippen molar-refractivity contribution in [3.63, 3.8) is 0 Å². The maximum absolute atomic E-state index is 13.1. The van der Waals surface area contributed by atoms with E-state index in [1.165, 1.54) is 41.0 Å². The number of rotatable bonds is 3. The summed E-state index contributed by atoms with van der Waals surface area (Å²) in [5.41, 5.74) is 0.875. The molecule has 156 valence electrons. The van der Waals surface area contributed by atoms with E-state index in [9.17, 15) is 26.4 Å². The summed E-state index contributed by atoms with van der Waals surface area (Å²) >= 11 is 1.18. The quantitative estimate of drug-likeness (QED) is 0.581. The van der Waals surface area contributed by atoms with Crippen LogP contribution in [0.3, 0.4) is 0 Å². The average Bonchev–Trinajstić information content (AvgIpc) is 3.11. The number of carbonyl (C=O) groups is 1. The standard InChI is InChI=1S/C21H16F3NO3S2/c1-12-2-8-15(9-3-12)30(27,28)17-11-29-20-16(10-18(26)25-19(17)20)13-4-6-14(7-5-13)21(22,23)24/h2-9,11,16H,10H2,1H3,(H,25,26). The fourth-order valence-electron chi connectivity index (χ4n) is 3.42. The van der Waals surface area contributed by atoms with Crippen LogP contribution in [0.15, 0.2) is 63.7 Å². The molecule has 1 N–H and O–H groups in total. The Morgan fingerprint density at radius 1 is 1.03 bits per heavy atom. The maximum atomic E-state index is 13.1. The Kier molecular flexibility index (Phi) is 4.98. The molecule has 4 nitrogen and oxygen atoms in total. The highest BCUT2D eigenvalue weighted by atomic mass is 32.2. The predicted molar refractivity (Wildman–Crippen MR) is 107 cm³/mol. The average molecular weight is 451 g/mol. The largest absolute Gasteiger partial charge is 0.416 e. The van der Waals surface area contributed by atoms with Crippen molar-refractivity contribution in [1.29, 1.82) is 0 Å². The number of sulfone groups is 1. The van der Waals surface area contributed by atoms with Crippen molar-refractivity contribution in [3.05, 3.63) is 75.5 Å². The first-order valence-electron chi connectivity index (χ1n) is 8.97. The molecule has 1 atom stereocenters. The Balaban J connectivity index is 1.76. The number of thiophene rings is 1. The minimum atomic E-state index is -4.45. The van der Waals surface area contributed by atoms with E-state index in [4.69, 9.17) is 0 Å². The minimum absolute atomic E-state index is 0.00341. The lowest BCUT2D eigenvalue weighted by atomic mass is 9.90. The molecule has 0 bridgehead atoms. The highest BCUT2D eigenvalue weighted by Gasteiger charge is 2.35. The van der Waals surface area contributed by atoms with Crippen LogP contribution in [0.5, 0.6) is 0 Å². The molecule has 0 saturated heterocycles. The van der Waals surface area contributed by atoms with E-state index >= 15 is 0 Å². The lowest BCUT2D eigenvalue weighted by Gasteiger charge is -2.24. The molecule has 0 radical (unpaired) electrons. The summed E-state index contributed by atoms with van der Waals surface area (Å²) in [7, 11) is -3.86. The van der Waals surface area contributed by atoms with Crippen molar-refractivity contribution in [2.75, 3.05) is 5.32 Å². The first-order chi connectivity index (χ1) is 14.1. The van der Waals surface area contributed by atoms with Gasteiger partial charge >= 0.3 is 6.18 Å². The van der Waals surface area contributed by atoms with Gasteiger partial charge in [0, 0.05) is 22.6 Å². The van der Waals surface area contributed by atoms with Crippen LogP contribution >= 0.6 is 11.3 Å². The first-order valence-corrected chi connectivity index (χ1v) is 11.3. The summed E-state index contributed by atoms with van der Waals surface area (Å²) in [4.78, 5) is 13.0. The Labute approximate surface area is 175 Å². The number of hydrogen-bond acceptors (Lipinski definition) is 4. The van der Waals surface area contributed by atoms with E-state index in [1.54, 1.807) is 12.1 Å². The van der Waals surface area contributed by atoms with Gasteiger partial charge in [-0.2, -0.15) is 13.2 Å². The van der Waals surface area contributed by atoms with E-state index in [0.717, 1.165) is 17.7 Å². The number of nitrogens with one attached hydrogen (secondary N) is 1. The molecule has 2 aromatic carbocycles. The lowest BCUT2D eigenvalue weighted by Crippen LogP contribution is -2.23. The summed E-state index contributed by atoms with van der Waals surface area (Å²) in [5, 5.41) is 4.12. The van der Waals surface area contributed by atoms with Gasteiger partial charge in [-0.05, 0) is 36.8 Å². The summed E-state index contributed by atoms with van der Waals surface area (Å²) in [6.07, 6.45) is -4.42. The highest BCUT2D eigenvalue weighted by molar-refractivity contribution is 7.91. The van der Waals surface area contributed by atoms with Gasteiger partial charge < -0.3 is 5.32 Å². The predicted octanol–water partition coefficient (Wildman–Crippen LogP) is 5.38. The highest BCUT2D eigenvalue weighted by Crippen LogP contribution is 2.46. The van der Waals surface area contributed by atoms with E-state index in [1.807, 2.05) is 6.92 Å². The second kappa shape index (κ2) is 7.24. The number of benzene rings is 2. The lowest BCUT2D eigenvalue weighted by molar-refractivity contribution is -0.137. The molecule has 0 aliphatic carbocycles. The van der Waals surface area contributed by atoms with Crippen molar-refractivity contribution in [2.24, 2.45) is 0 Å². The number of hydrogen-bond donors (Lipinski definition) is 1. The van der Waals surface area contributed by atoms with E-state index in [-0.39, 0.29) is 27.8 Å². The van der Waals surface area contributed by atoms with Crippen LogP contribution in [-0.4, -0.2) is 14.3 Å². The Bertz CT molecular complexity index is 1210. The molecule has 0 spiro atoms. The zero-order valence-electron chi connectivity index (χ0n) is 15.7. The van der Waals surface area contributed by atoms with Crippen LogP contribution in [0.1, 0.15) is 33.9 Å². The second-order valence-corrected chi connectivity index (χ2v) is 9.91. The third-order valence-electron chi connectivity index (χ3n) is 5.02. The zero-order valence-corrected chi connectivity index (χ0v) is 17.3. The van der Waals surface area contributed by atoms with Gasteiger partial charge in [-0.15, -0.1) is 11.3 Å². The molecule has 4 rings (SSSR count). The van der Waals surface area contributed by atoms with E-state index < -0.39 is 27.5 Å². The van der Waals surface area contributed by atoms with Crippen LogP contribution < -0.4 is 5.32 Å². The number of fused-ring (bicyclic) bond motifs is 1. The van der Waals surface area contributed by atoms with Gasteiger partial charge in [0.05, 0.1) is 16.1 Å². The SMILES string of the molecule is Cc1ccc(S(=O)(=O)c2csc3c2NC(=O)CC3c2ccc(C(F)(F)F)cc2)cc1. The molecule has 1 amide bonds.